The van der Waals surface area contributed by atoms with Gasteiger partial charge in [0.2, 0.25) is 0 Å². The molecule has 17 heavy (non-hydrogen) atoms. The van der Waals surface area contributed by atoms with Gasteiger partial charge in [0.25, 0.3) is 0 Å². The third kappa shape index (κ3) is 2.37. The fourth-order valence-electron chi connectivity index (χ4n) is 1.90. The molecule has 0 radical (unpaired) electrons. The summed E-state index contributed by atoms with van der Waals surface area (Å²) in [7, 11) is 0. The molecule has 0 saturated heterocycles. The van der Waals surface area contributed by atoms with Gasteiger partial charge in [-0.1, -0.05) is 43.3 Å². The molecule has 0 N–H and O–H groups in total. The van der Waals surface area contributed by atoms with Gasteiger partial charge in [-0.25, -0.2) is 0 Å². The molecule has 0 aliphatic heterocycles. The van der Waals surface area contributed by atoms with Gasteiger partial charge in [0.1, 0.15) is 0 Å². The van der Waals surface area contributed by atoms with E-state index in [-0.39, 0.29) is 0 Å². The van der Waals surface area contributed by atoms with Crippen LogP contribution in [0, 0.1) is 18.3 Å². The highest BCUT2D eigenvalue weighted by Gasteiger charge is 2.01. The Morgan fingerprint density at radius 1 is 1.00 bits per heavy atom. The number of hydrogen-bond acceptors (Lipinski definition) is 1. The van der Waals surface area contributed by atoms with Crippen LogP contribution >= 0.6 is 0 Å². The largest absolute Gasteiger partial charge is 0.192 e. The average molecular weight is 221 g/mol. The molecule has 0 bridgehead atoms. The van der Waals surface area contributed by atoms with Crippen LogP contribution in [0.2, 0.25) is 0 Å². The van der Waals surface area contributed by atoms with Gasteiger partial charge in [-0.05, 0) is 41.7 Å². The predicted molar refractivity (Wildman–Crippen MR) is 70.7 cm³/mol. The van der Waals surface area contributed by atoms with E-state index in [1.807, 2.05) is 19.1 Å². The van der Waals surface area contributed by atoms with Gasteiger partial charge < -0.3 is 0 Å². The molecule has 0 unspecified atom stereocenters. The van der Waals surface area contributed by atoms with Crippen molar-refractivity contribution in [3.05, 3.63) is 59.2 Å². The Hall–Kier alpha value is -2.07. The summed E-state index contributed by atoms with van der Waals surface area (Å²) in [4.78, 5) is 0. The van der Waals surface area contributed by atoms with Gasteiger partial charge in [0.15, 0.2) is 0 Å². The molecule has 0 amide bonds. The molecule has 0 fully saturated rings. The van der Waals surface area contributed by atoms with E-state index in [2.05, 4.69) is 43.3 Å². The molecule has 2 aromatic rings. The molecule has 0 atom stereocenters. The van der Waals surface area contributed by atoms with Gasteiger partial charge in [-0.3, -0.25) is 0 Å². The minimum atomic E-state index is 0.749. The second-order valence-corrected chi connectivity index (χ2v) is 4.19. The third-order valence-corrected chi connectivity index (χ3v) is 3.04. The zero-order valence-electron chi connectivity index (χ0n) is 10.2. The average Bonchev–Trinajstić information content (AvgIpc) is 2.39. The number of nitrogens with zero attached hydrogens (tertiary/aromatic N) is 1. The molecule has 2 rings (SSSR count). The topological polar surface area (TPSA) is 23.8 Å². The second kappa shape index (κ2) is 4.84. The lowest BCUT2D eigenvalue weighted by Crippen LogP contribution is -1.85. The van der Waals surface area contributed by atoms with Crippen LogP contribution < -0.4 is 0 Å². The summed E-state index contributed by atoms with van der Waals surface area (Å²) < 4.78 is 0. The summed E-state index contributed by atoms with van der Waals surface area (Å²) in [5.74, 6) is 0. The smallest absolute Gasteiger partial charge is 0.0994 e. The standard InChI is InChI=1S/C16H15N/c1-3-13-4-6-14(7-5-13)15-8-9-16(11-17)12(2)10-15/h4-10H,3H2,1-2H3. The summed E-state index contributed by atoms with van der Waals surface area (Å²) in [6.07, 6.45) is 1.06. The lowest BCUT2D eigenvalue weighted by atomic mass is 9.99. The number of rotatable bonds is 2. The number of hydrogen-bond donors (Lipinski definition) is 0. The maximum absolute atomic E-state index is 8.90. The molecule has 2 aromatic carbocycles. The molecule has 0 aromatic heterocycles. The van der Waals surface area contributed by atoms with Crippen molar-refractivity contribution in [2.24, 2.45) is 0 Å². The van der Waals surface area contributed by atoms with Crippen molar-refractivity contribution >= 4 is 0 Å². The molecule has 0 spiro atoms. The first-order valence-corrected chi connectivity index (χ1v) is 5.84. The number of benzene rings is 2. The lowest BCUT2D eigenvalue weighted by Gasteiger charge is -2.05. The first-order chi connectivity index (χ1) is 8.24. The minimum Gasteiger partial charge on any atom is -0.192 e. The minimum absolute atomic E-state index is 0.749. The molecule has 0 saturated carbocycles. The summed E-state index contributed by atoms with van der Waals surface area (Å²) in [6, 6.07) is 16.7. The van der Waals surface area contributed by atoms with Crippen LogP contribution in [-0.4, -0.2) is 0 Å². The van der Waals surface area contributed by atoms with E-state index >= 15 is 0 Å². The van der Waals surface area contributed by atoms with Gasteiger partial charge in [-0.2, -0.15) is 5.26 Å². The predicted octanol–water partition coefficient (Wildman–Crippen LogP) is 4.10. The van der Waals surface area contributed by atoms with Crippen molar-refractivity contribution in [1.29, 1.82) is 5.26 Å². The first kappa shape index (κ1) is 11.4. The van der Waals surface area contributed by atoms with E-state index in [1.54, 1.807) is 0 Å². The second-order valence-electron chi connectivity index (χ2n) is 4.19. The third-order valence-electron chi connectivity index (χ3n) is 3.04. The molecular formula is C16H15N. The van der Waals surface area contributed by atoms with E-state index < -0.39 is 0 Å². The first-order valence-electron chi connectivity index (χ1n) is 5.84. The van der Waals surface area contributed by atoms with Crippen molar-refractivity contribution in [2.45, 2.75) is 20.3 Å². The highest BCUT2D eigenvalue weighted by molar-refractivity contribution is 5.66. The Bertz CT molecular complexity index is 559. The Balaban J connectivity index is 2.40. The molecule has 84 valence electrons. The van der Waals surface area contributed by atoms with Gasteiger partial charge in [-0.15, -0.1) is 0 Å². The fourth-order valence-corrected chi connectivity index (χ4v) is 1.90. The molecular weight excluding hydrogens is 206 g/mol. The molecule has 1 nitrogen and oxygen atoms in total. The Labute approximate surface area is 102 Å². The summed E-state index contributed by atoms with van der Waals surface area (Å²) >= 11 is 0. The number of nitriles is 1. The van der Waals surface area contributed by atoms with Crippen LogP contribution in [0.25, 0.3) is 11.1 Å². The Morgan fingerprint density at radius 3 is 2.18 bits per heavy atom. The Kier molecular flexibility index (Phi) is 3.25. The molecule has 0 heterocycles. The molecule has 1 heteroatoms. The normalized spacial score (nSPS) is 9.94. The van der Waals surface area contributed by atoms with E-state index in [0.29, 0.717) is 0 Å². The van der Waals surface area contributed by atoms with Crippen molar-refractivity contribution in [2.75, 3.05) is 0 Å². The van der Waals surface area contributed by atoms with Crippen molar-refractivity contribution < 1.29 is 0 Å². The van der Waals surface area contributed by atoms with E-state index in [1.165, 1.54) is 16.7 Å². The van der Waals surface area contributed by atoms with E-state index in [4.69, 9.17) is 5.26 Å². The zero-order chi connectivity index (χ0) is 12.3. The highest BCUT2D eigenvalue weighted by Crippen LogP contribution is 2.22. The van der Waals surface area contributed by atoms with Crippen molar-refractivity contribution in [1.82, 2.24) is 0 Å². The SMILES string of the molecule is CCc1ccc(-c2ccc(C#N)c(C)c2)cc1. The maximum atomic E-state index is 8.90. The van der Waals surface area contributed by atoms with Crippen LogP contribution in [0.1, 0.15) is 23.6 Å². The summed E-state index contributed by atoms with van der Waals surface area (Å²) in [6.45, 7) is 4.13. The van der Waals surface area contributed by atoms with Crippen LogP contribution in [0.3, 0.4) is 0 Å². The number of aryl methyl sites for hydroxylation is 2. The zero-order valence-corrected chi connectivity index (χ0v) is 10.2. The van der Waals surface area contributed by atoms with Crippen LogP contribution in [0.15, 0.2) is 42.5 Å². The van der Waals surface area contributed by atoms with Gasteiger partial charge >= 0.3 is 0 Å². The van der Waals surface area contributed by atoms with Crippen LogP contribution in [0.4, 0.5) is 0 Å². The van der Waals surface area contributed by atoms with E-state index in [9.17, 15) is 0 Å². The molecule has 0 aliphatic rings. The fraction of sp³-hybridized carbons (Fsp3) is 0.188. The van der Waals surface area contributed by atoms with Gasteiger partial charge in [0, 0.05) is 0 Å². The quantitative estimate of drug-likeness (QED) is 0.749. The van der Waals surface area contributed by atoms with E-state index in [0.717, 1.165) is 17.5 Å². The Morgan fingerprint density at radius 2 is 1.65 bits per heavy atom. The highest BCUT2D eigenvalue weighted by atomic mass is 14.2. The summed E-state index contributed by atoms with van der Waals surface area (Å²) in [5, 5.41) is 8.90. The monoisotopic (exact) mass is 221 g/mol. The van der Waals surface area contributed by atoms with Crippen molar-refractivity contribution in [3.63, 3.8) is 0 Å². The maximum Gasteiger partial charge on any atom is 0.0994 e. The molecule has 0 aliphatic carbocycles. The van der Waals surface area contributed by atoms with Crippen LogP contribution in [0.5, 0.6) is 0 Å². The lowest BCUT2D eigenvalue weighted by molar-refractivity contribution is 1.14. The van der Waals surface area contributed by atoms with Crippen LogP contribution in [-0.2, 0) is 6.42 Å². The van der Waals surface area contributed by atoms with Gasteiger partial charge in [0.05, 0.1) is 11.6 Å². The van der Waals surface area contributed by atoms with Crippen molar-refractivity contribution in [3.8, 4) is 17.2 Å². The summed E-state index contributed by atoms with van der Waals surface area (Å²) in [5.41, 5.74) is 5.50.